The van der Waals surface area contributed by atoms with Crippen LogP contribution in [0, 0.1) is 0 Å². The summed E-state index contributed by atoms with van der Waals surface area (Å²) in [6.07, 6.45) is 0.996. The molecule has 0 atom stereocenters. The number of rotatable bonds is 6. The lowest BCUT2D eigenvalue weighted by Crippen LogP contribution is -2.18. The Morgan fingerprint density at radius 2 is 1.76 bits per heavy atom. The predicted octanol–water partition coefficient (Wildman–Crippen LogP) is 6.92. The fourth-order valence-electron chi connectivity index (χ4n) is 4.23. The number of alkyl halides is 3. The zero-order chi connectivity index (χ0) is 26.7. The number of anilines is 1. The lowest BCUT2D eigenvalue weighted by Gasteiger charge is -2.12. The number of fused-ring (bicyclic) bond motifs is 1. The van der Waals surface area contributed by atoms with Crippen molar-refractivity contribution in [3.8, 4) is 11.3 Å². The van der Waals surface area contributed by atoms with Gasteiger partial charge in [0, 0.05) is 27.1 Å². The van der Waals surface area contributed by atoms with E-state index >= 15 is 0 Å². The van der Waals surface area contributed by atoms with Crippen LogP contribution < -0.4 is 10.7 Å². The number of hydrazone groups is 1. The Morgan fingerprint density at radius 3 is 2.55 bits per heavy atom. The number of benzene rings is 2. The second-order valence-electron chi connectivity index (χ2n) is 8.77. The molecule has 0 spiro atoms. The lowest BCUT2D eigenvalue weighted by atomic mass is 9.95. The molecule has 2 aromatic carbocycles. The van der Waals surface area contributed by atoms with Crippen LogP contribution in [0.1, 0.15) is 55.3 Å². The highest BCUT2D eigenvalue weighted by Gasteiger charge is 2.30. The van der Waals surface area contributed by atoms with E-state index in [1.807, 2.05) is 5.38 Å². The monoisotopic (exact) mass is 537 g/mol. The van der Waals surface area contributed by atoms with Crippen LogP contribution in [0.4, 0.5) is 18.9 Å². The number of hydrogen-bond donors (Lipinski definition) is 2. The van der Waals surface area contributed by atoms with Gasteiger partial charge in [0.15, 0.2) is 0 Å². The van der Waals surface area contributed by atoms with Gasteiger partial charge in [0.05, 0.1) is 17.3 Å². The van der Waals surface area contributed by atoms with Crippen molar-refractivity contribution < 1.29 is 27.2 Å². The number of nitrogens with zero attached hydrogens (tertiary/aromatic N) is 1. The molecule has 0 fully saturated rings. The van der Waals surface area contributed by atoms with E-state index in [0.717, 1.165) is 48.9 Å². The maximum Gasteiger partial charge on any atom is 0.416 e. The molecule has 0 saturated carbocycles. The van der Waals surface area contributed by atoms with E-state index in [1.54, 1.807) is 35.6 Å². The van der Waals surface area contributed by atoms with Crippen molar-refractivity contribution in [2.45, 2.75) is 31.9 Å². The smallest absolute Gasteiger partial charge is 0.416 e. The summed E-state index contributed by atoms with van der Waals surface area (Å²) in [6.45, 7) is 0. The summed E-state index contributed by atoms with van der Waals surface area (Å²) in [7, 11) is 0. The molecule has 194 valence electrons. The number of furan rings is 1. The predicted molar refractivity (Wildman–Crippen MR) is 140 cm³/mol. The Bertz CT molecular complexity index is 1500. The molecule has 6 nitrogen and oxygen atoms in total. The number of nitrogens with one attached hydrogen (secondary N) is 2. The van der Waals surface area contributed by atoms with E-state index in [4.69, 9.17) is 4.42 Å². The van der Waals surface area contributed by atoms with Gasteiger partial charge in [0.2, 0.25) is 0 Å². The Morgan fingerprint density at radius 1 is 0.974 bits per heavy atom. The van der Waals surface area contributed by atoms with E-state index in [2.05, 4.69) is 15.8 Å². The van der Waals surface area contributed by atoms with Crippen LogP contribution >= 0.6 is 11.3 Å². The van der Waals surface area contributed by atoms with Crippen LogP contribution in [-0.4, -0.2) is 18.0 Å². The van der Waals surface area contributed by atoms with Crippen LogP contribution in [0.3, 0.4) is 0 Å². The zero-order valence-corrected chi connectivity index (χ0v) is 20.8. The van der Waals surface area contributed by atoms with Gasteiger partial charge in [-0.25, -0.2) is 5.43 Å². The van der Waals surface area contributed by atoms with Gasteiger partial charge >= 0.3 is 6.18 Å². The minimum absolute atomic E-state index is 0.158. The number of hydrogen-bond acceptors (Lipinski definition) is 5. The van der Waals surface area contributed by atoms with Crippen molar-refractivity contribution in [3.63, 3.8) is 0 Å². The summed E-state index contributed by atoms with van der Waals surface area (Å²) >= 11 is 1.63. The van der Waals surface area contributed by atoms with Crippen LogP contribution in [0.15, 0.2) is 75.6 Å². The molecular weight excluding hydrogens is 515 g/mol. The molecule has 4 aromatic rings. The van der Waals surface area contributed by atoms with Gasteiger partial charge in [-0.1, -0.05) is 12.1 Å². The molecule has 0 radical (unpaired) electrons. The standard InChI is InChI=1S/C28H22F3N3O3S/c29-28(30,31)19-5-3-4-18(14-19)24-13-12-21(37-24)15-32-34-26(35)17-8-10-20(11-9-17)33-27(36)23-16-38-25-7-2-1-6-22(23)25/h3-5,8-16H,1-2,6-7H2,(H,33,36)(H,34,35)/b32-15-. The average Bonchev–Trinajstić information content (AvgIpc) is 3.56. The number of carbonyl (C=O) groups excluding carboxylic acids is 2. The number of halogens is 3. The van der Waals surface area contributed by atoms with Crippen molar-refractivity contribution in [2.24, 2.45) is 5.10 Å². The van der Waals surface area contributed by atoms with Gasteiger partial charge in [-0.05, 0) is 79.8 Å². The number of aryl methyl sites for hydroxylation is 1. The summed E-state index contributed by atoms with van der Waals surface area (Å²) < 4.78 is 44.4. The third-order valence-electron chi connectivity index (χ3n) is 6.17. The van der Waals surface area contributed by atoms with E-state index < -0.39 is 17.6 Å². The van der Waals surface area contributed by atoms with Gasteiger partial charge in [-0.2, -0.15) is 18.3 Å². The Hall–Kier alpha value is -4.18. The SMILES string of the molecule is O=C(N/N=C\c1ccc(-c2cccc(C(F)(F)F)c2)o1)c1ccc(NC(=O)c2csc3c2CCCC3)cc1. The first-order chi connectivity index (χ1) is 18.3. The first-order valence-corrected chi connectivity index (χ1v) is 12.8. The normalized spacial score (nSPS) is 13.3. The molecule has 0 saturated heterocycles. The van der Waals surface area contributed by atoms with Crippen LogP contribution in [0.2, 0.25) is 0 Å². The Kier molecular flexibility index (Phi) is 7.15. The average molecular weight is 538 g/mol. The molecule has 0 unspecified atom stereocenters. The second kappa shape index (κ2) is 10.7. The van der Waals surface area contributed by atoms with Crippen molar-refractivity contribution in [1.29, 1.82) is 0 Å². The molecule has 2 amide bonds. The molecule has 0 bridgehead atoms. The maximum atomic E-state index is 13.0. The number of amides is 2. The van der Waals surface area contributed by atoms with Gasteiger partial charge in [-0.15, -0.1) is 11.3 Å². The molecule has 10 heteroatoms. The van der Waals surface area contributed by atoms with Gasteiger partial charge in [0.25, 0.3) is 11.8 Å². The fraction of sp³-hybridized carbons (Fsp3) is 0.179. The summed E-state index contributed by atoms with van der Waals surface area (Å²) in [5.41, 5.74) is 4.64. The third kappa shape index (κ3) is 5.70. The molecule has 2 N–H and O–H groups in total. The van der Waals surface area contributed by atoms with Crippen LogP contribution in [0.25, 0.3) is 11.3 Å². The highest BCUT2D eigenvalue weighted by Crippen LogP contribution is 2.33. The van der Waals surface area contributed by atoms with E-state index in [1.165, 1.54) is 35.4 Å². The first-order valence-electron chi connectivity index (χ1n) is 11.9. The quantitative estimate of drug-likeness (QED) is 0.207. The molecule has 1 aliphatic rings. The summed E-state index contributed by atoms with van der Waals surface area (Å²) in [6, 6.07) is 14.3. The van der Waals surface area contributed by atoms with E-state index in [9.17, 15) is 22.8 Å². The Balaban J connectivity index is 1.17. The maximum absolute atomic E-state index is 13.0. The summed E-state index contributed by atoms with van der Waals surface area (Å²) in [5, 5.41) is 8.65. The van der Waals surface area contributed by atoms with Crippen molar-refractivity contribution in [2.75, 3.05) is 5.32 Å². The molecule has 2 aromatic heterocycles. The highest BCUT2D eigenvalue weighted by atomic mass is 32.1. The van der Waals surface area contributed by atoms with Gasteiger partial charge in [-0.3, -0.25) is 9.59 Å². The fourth-order valence-corrected chi connectivity index (χ4v) is 5.36. The molecule has 5 rings (SSSR count). The van der Waals surface area contributed by atoms with Crippen molar-refractivity contribution in [1.82, 2.24) is 5.43 Å². The van der Waals surface area contributed by atoms with Crippen LogP contribution in [-0.2, 0) is 19.0 Å². The topological polar surface area (TPSA) is 83.7 Å². The van der Waals surface area contributed by atoms with Gasteiger partial charge < -0.3 is 9.73 Å². The minimum atomic E-state index is -4.45. The minimum Gasteiger partial charge on any atom is -0.455 e. The van der Waals surface area contributed by atoms with Gasteiger partial charge in [0.1, 0.15) is 11.5 Å². The molecule has 0 aliphatic heterocycles. The molecule has 1 aliphatic carbocycles. The third-order valence-corrected chi connectivity index (χ3v) is 7.26. The molecular formula is C28H22F3N3O3S. The molecule has 38 heavy (non-hydrogen) atoms. The van der Waals surface area contributed by atoms with Crippen LogP contribution in [0.5, 0.6) is 0 Å². The highest BCUT2D eigenvalue weighted by molar-refractivity contribution is 7.10. The number of carbonyl (C=O) groups is 2. The number of thiophene rings is 1. The lowest BCUT2D eigenvalue weighted by molar-refractivity contribution is -0.137. The Labute approximate surface area is 220 Å². The summed E-state index contributed by atoms with van der Waals surface area (Å²) in [4.78, 5) is 26.4. The zero-order valence-electron chi connectivity index (χ0n) is 20.0. The molecule has 2 heterocycles. The largest absolute Gasteiger partial charge is 0.455 e. The second-order valence-corrected chi connectivity index (χ2v) is 9.73. The van der Waals surface area contributed by atoms with Crippen molar-refractivity contribution in [3.05, 3.63) is 98.9 Å². The van der Waals surface area contributed by atoms with E-state index in [0.29, 0.717) is 11.3 Å². The van der Waals surface area contributed by atoms with Crippen molar-refractivity contribution >= 4 is 35.1 Å². The van der Waals surface area contributed by atoms with E-state index in [-0.39, 0.29) is 23.0 Å². The summed E-state index contributed by atoms with van der Waals surface area (Å²) in [5.74, 6) is -0.138. The first kappa shape index (κ1) is 25.5.